The molecule has 2 aliphatic rings. The van der Waals surface area contributed by atoms with E-state index in [9.17, 15) is 45.6 Å². The maximum atomic E-state index is 13.2. The third kappa shape index (κ3) is 27.7. The number of ether oxygens (including phenoxy) is 4. The molecule has 12 unspecified atom stereocenters. The van der Waals surface area contributed by atoms with Crippen LogP contribution in [0.2, 0.25) is 0 Å². The zero-order chi connectivity index (χ0) is 49.6. The van der Waals surface area contributed by atoms with Crippen molar-refractivity contribution in [1.82, 2.24) is 5.32 Å². The molecular weight excluding hydrogens is 871 g/mol. The maximum absolute atomic E-state index is 13.2. The van der Waals surface area contributed by atoms with Crippen molar-refractivity contribution in [2.24, 2.45) is 0 Å². The molecule has 2 heterocycles. The molecule has 0 bridgehead atoms. The molecule has 0 radical (unpaired) electrons. The van der Waals surface area contributed by atoms with E-state index in [0.717, 1.165) is 51.4 Å². The average molecular weight is 976 g/mol. The van der Waals surface area contributed by atoms with Gasteiger partial charge in [-0.1, -0.05) is 226 Å². The number of hydrogen-bond acceptors (Lipinski definition) is 13. The second kappa shape index (κ2) is 41.5. The Bertz CT molecular complexity index is 1150. The van der Waals surface area contributed by atoms with E-state index >= 15 is 0 Å². The summed E-state index contributed by atoms with van der Waals surface area (Å²) in [4.78, 5) is 13.2. The Labute approximate surface area is 413 Å². The van der Waals surface area contributed by atoms with Crippen LogP contribution in [0.15, 0.2) is 0 Å². The summed E-state index contributed by atoms with van der Waals surface area (Å²) in [5.74, 6) is -0.205. The van der Waals surface area contributed by atoms with Crippen LogP contribution in [0.1, 0.15) is 245 Å². The average Bonchev–Trinajstić information content (AvgIpc) is 3.34. The molecule has 68 heavy (non-hydrogen) atoms. The van der Waals surface area contributed by atoms with Crippen LogP contribution in [0.25, 0.3) is 0 Å². The molecule has 0 saturated carbocycles. The van der Waals surface area contributed by atoms with Gasteiger partial charge in [-0.2, -0.15) is 0 Å². The Morgan fingerprint density at radius 2 is 0.838 bits per heavy atom. The number of carbonyl (C=O) groups is 1. The Morgan fingerprint density at radius 3 is 1.25 bits per heavy atom. The number of nitrogens with one attached hydrogen (secondary N) is 1. The van der Waals surface area contributed by atoms with Gasteiger partial charge in [0.2, 0.25) is 5.91 Å². The monoisotopic (exact) mass is 976 g/mol. The van der Waals surface area contributed by atoms with Gasteiger partial charge in [0.25, 0.3) is 0 Å². The van der Waals surface area contributed by atoms with Gasteiger partial charge in [0.15, 0.2) is 12.6 Å². The lowest BCUT2D eigenvalue weighted by atomic mass is 9.97. The maximum Gasteiger partial charge on any atom is 0.220 e. The van der Waals surface area contributed by atoms with Gasteiger partial charge in [-0.15, -0.1) is 0 Å². The van der Waals surface area contributed by atoms with Crippen molar-refractivity contribution in [2.75, 3.05) is 19.8 Å². The van der Waals surface area contributed by atoms with E-state index in [1.54, 1.807) is 0 Å². The molecular formula is C54H105NO13. The minimum absolute atomic E-state index is 0.205. The molecule has 2 saturated heterocycles. The van der Waals surface area contributed by atoms with Gasteiger partial charge in [-0.05, 0) is 12.8 Å². The number of amides is 1. The lowest BCUT2D eigenvalue weighted by Gasteiger charge is -2.46. The van der Waals surface area contributed by atoms with E-state index in [4.69, 9.17) is 18.9 Å². The Balaban J connectivity index is 1.71. The fourth-order valence-electron chi connectivity index (χ4n) is 9.71. The smallest absolute Gasteiger partial charge is 0.220 e. The first-order chi connectivity index (χ1) is 33.1. The minimum atomic E-state index is -1.78. The van der Waals surface area contributed by atoms with Crippen molar-refractivity contribution in [2.45, 2.75) is 319 Å². The highest BCUT2D eigenvalue weighted by Gasteiger charge is 2.51. The Hall–Kier alpha value is -1.01. The van der Waals surface area contributed by atoms with Gasteiger partial charge in [0.1, 0.15) is 48.8 Å². The summed E-state index contributed by atoms with van der Waals surface area (Å²) in [5, 5.41) is 87.0. The van der Waals surface area contributed by atoms with E-state index in [2.05, 4.69) is 19.2 Å². The van der Waals surface area contributed by atoms with E-state index in [-0.39, 0.29) is 12.5 Å². The minimum Gasteiger partial charge on any atom is -0.394 e. The van der Waals surface area contributed by atoms with Crippen LogP contribution in [-0.2, 0) is 23.7 Å². The number of aliphatic hydroxyl groups excluding tert-OH is 8. The van der Waals surface area contributed by atoms with Gasteiger partial charge in [-0.25, -0.2) is 0 Å². The van der Waals surface area contributed by atoms with Gasteiger partial charge < -0.3 is 65.1 Å². The zero-order valence-electron chi connectivity index (χ0n) is 43.1. The molecule has 14 nitrogen and oxygen atoms in total. The fraction of sp³-hybridized carbons (Fsp3) is 0.981. The molecule has 2 fully saturated rings. The van der Waals surface area contributed by atoms with Crippen LogP contribution in [0.3, 0.4) is 0 Å². The topological polar surface area (TPSA) is 228 Å². The number of aliphatic hydroxyl groups is 8. The summed E-state index contributed by atoms with van der Waals surface area (Å²) in [6, 6.07) is -0.821. The van der Waals surface area contributed by atoms with E-state index < -0.39 is 86.8 Å². The standard InChI is InChI=1S/C54H105NO13/c1-3-5-7-9-11-13-15-16-17-18-19-20-21-22-23-24-25-26-27-28-29-31-33-35-37-43(58)42(55-46(59)38-36-34-32-30-14-12-10-8-6-4-2)41-65-53-51(64)49(62)52(45(40-57)67-53)68-54-50(63)48(61)47(60)44(39-56)66-54/h42-45,47-54,56-58,60-64H,3-41H2,1-2H3,(H,55,59). The van der Waals surface area contributed by atoms with Crippen molar-refractivity contribution in [3.8, 4) is 0 Å². The molecule has 0 aromatic rings. The van der Waals surface area contributed by atoms with Gasteiger partial charge in [0, 0.05) is 6.42 Å². The first-order valence-electron chi connectivity index (χ1n) is 28.3. The van der Waals surface area contributed by atoms with Crippen molar-refractivity contribution in [3.63, 3.8) is 0 Å². The molecule has 12 atom stereocenters. The molecule has 14 heteroatoms. The van der Waals surface area contributed by atoms with Crippen molar-refractivity contribution < 1.29 is 64.6 Å². The number of carbonyl (C=O) groups excluding carboxylic acids is 1. The quantitative estimate of drug-likeness (QED) is 0.0261. The molecule has 404 valence electrons. The van der Waals surface area contributed by atoms with Crippen LogP contribution >= 0.6 is 0 Å². The molecule has 1 amide bonds. The SMILES string of the molecule is CCCCCCCCCCCCCCCCCCCCCCCCCCC(O)C(COC1OC(CO)C(OC2OC(CO)C(O)C(O)C2O)C(O)C1O)NC(=O)CCCCCCCCCCCC. The molecule has 0 spiro atoms. The predicted molar refractivity (Wildman–Crippen MR) is 268 cm³/mol. The summed E-state index contributed by atoms with van der Waals surface area (Å²) in [6.45, 7) is 2.86. The number of unbranched alkanes of at least 4 members (excludes halogenated alkanes) is 32. The highest BCUT2D eigenvalue weighted by atomic mass is 16.7. The summed E-state index contributed by atoms with van der Waals surface area (Å²) in [5.41, 5.74) is 0. The highest BCUT2D eigenvalue weighted by molar-refractivity contribution is 5.76. The number of hydrogen-bond donors (Lipinski definition) is 9. The van der Waals surface area contributed by atoms with Crippen molar-refractivity contribution >= 4 is 5.91 Å². The third-order valence-corrected chi connectivity index (χ3v) is 14.3. The molecule has 2 aliphatic heterocycles. The van der Waals surface area contributed by atoms with Crippen LogP contribution in [-0.4, -0.2) is 140 Å². The van der Waals surface area contributed by atoms with Crippen LogP contribution in [0, 0.1) is 0 Å². The first-order valence-corrected chi connectivity index (χ1v) is 28.3. The van der Waals surface area contributed by atoms with Crippen LogP contribution in [0.4, 0.5) is 0 Å². The Morgan fingerprint density at radius 1 is 0.471 bits per heavy atom. The van der Waals surface area contributed by atoms with E-state index in [1.165, 1.54) is 167 Å². The summed E-state index contributed by atoms with van der Waals surface area (Å²) in [6.07, 6.45) is 26.9. The fourth-order valence-corrected chi connectivity index (χ4v) is 9.71. The largest absolute Gasteiger partial charge is 0.394 e. The second-order valence-corrected chi connectivity index (χ2v) is 20.4. The predicted octanol–water partition coefficient (Wildman–Crippen LogP) is 8.56. The lowest BCUT2D eigenvalue weighted by Crippen LogP contribution is -2.65. The van der Waals surface area contributed by atoms with E-state index in [1.807, 2.05) is 0 Å². The van der Waals surface area contributed by atoms with Crippen LogP contribution in [0.5, 0.6) is 0 Å². The van der Waals surface area contributed by atoms with Crippen molar-refractivity contribution in [3.05, 3.63) is 0 Å². The van der Waals surface area contributed by atoms with Crippen molar-refractivity contribution in [1.29, 1.82) is 0 Å². The molecule has 0 aromatic heterocycles. The summed E-state index contributed by atoms with van der Waals surface area (Å²) in [7, 11) is 0. The summed E-state index contributed by atoms with van der Waals surface area (Å²) < 4.78 is 22.8. The van der Waals surface area contributed by atoms with Gasteiger partial charge >= 0.3 is 0 Å². The highest BCUT2D eigenvalue weighted by Crippen LogP contribution is 2.30. The van der Waals surface area contributed by atoms with Gasteiger partial charge in [-0.3, -0.25) is 4.79 Å². The lowest BCUT2D eigenvalue weighted by molar-refractivity contribution is -0.359. The molecule has 9 N–H and O–H groups in total. The van der Waals surface area contributed by atoms with E-state index in [0.29, 0.717) is 12.8 Å². The molecule has 2 rings (SSSR count). The normalized spacial score (nSPS) is 26.3. The number of rotatable bonds is 45. The Kier molecular flexibility index (Phi) is 38.5. The second-order valence-electron chi connectivity index (χ2n) is 20.4. The zero-order valence-corrected chi connectivity index (χ0v) is 43.1. The molecule has 0 aliphatic carbocycles. The molecule has 0 aromatic carbocycles. The van der Waals surface area contributed by atoms with Crippen LogP contribution < -0.4 is 5.32 Å². The van der Waals surface area contributed by atoms with Gasteiger partial charge in [0.05, 0.1) is 32.0 Å². The summed E-state index contributed by atoms with van der Waals surface area (Å²) >= 11 is 0. The first kappa shape index (κ1) is 63.1. The third-order valence-electron chi connectivity index (χ3n) is 14.3.